The minimum atomic E-state index is -1.06. The molecule has 1 aromatic carbocycles. The van der Waals surface area contributed by atoms with E-state index in [0.717, 1.165) is 5.56 Å². The van der Waals surface area contributed by atoms with Gasteiger partial charge in [-0.2, -0.15) is 0 Å². The molecule has 102 valence electrons. The number of ether oxygens (including phenoxy) is 2. The number of aliphatic carboxylic acids is 1. The molecule has 0 aliphatic carbocycles. The first-order valence-corrected chi connectivity index (χ1v) is 5.79. The Morgan fingerprint density at radius 1 is 1.47 bits per heavy atom. The molecule has 1 atom stereocenters. The molecule has 1 aromatic rings. The van der Waals surface area contributed by atoms with Crippen LogP contribution in [0.15, 0.2) is 24.3 Å². The zero-order chi connectivity index (χ0) is 14.0. The largest absolute Gasteiger partial charge is 0.497 e. The fraction of sp³-hybridized carbons (Fsp3) is 0.385. The van der Waals surface area contributed by atoms with Gasteiger partial charge in [-0.1, -0.05) is 12.1 Å². The Morgan fingerprint density at radius 2 is 2.11 bits per heavy atom. The summed E-state index contributed by atoms with van der Waals surface area (Å²) >= 11 is 0. The van der Waals surface area contributed by atoms with Gasteiger partial charge >= 0.3 is 12.1 Å². The quantitative estimate of drug-likeness (QED) is 0.891. The summed E-state index contributed by atoms with van der Waals surface area (Å²) in [5.41, 5.74) is -0.0340. The van der Waals surface area contributed by atoms with Crippen molar-refractivity contribution in [2.75, 3.05) is 20.2 Å². The minimum Gasteiger partial charge on any atom is -0.497 e. The van der Waals surface area contributed by atoms with E-state index in [1.54, 1.807) is 38.3 Å². The maximum Gasteiger partial charge on any atom is 0.411 e. The second kappa shape index (κ2) is 4.79. The molecule has 6 nitrogen and oxygen atoms in total. The molecule has 0 radical (unpaired) electrons. The number of hydrogen-bond acceptors (Lipinski definition) is 4. The molecule has 1 saturated heterocycles. The number of cyclic esters (lactones) is 1. The highest BCUT2D eigenvalue weighted by molar-refractivity contribution is 5.78. The predicted molar refractivity (Wildman–Crippen MR) is 66.0 cm³/mol. The van der Waals surface area contributed by atoms with Gasteiger partial charge in [0.1, 0.15) is 12.3 Å². The number of carbonyl (C=O) groups is 2. The maximum absolute atomic E-state index is 11.6. The van der Waals surface area contributed by atoms with Crippen LogP contribution in [0.3, 0.4) is 0 Å². The molecule has 1 amide bonds. The van der Waals surface area contributed by atoms with Gasteiger partial charge in [-0.3, -0.25) is 9.69 Å². The lowest BCUT2D eigenvalue weighted by Gasteiger charge is -2.22. The highest BCUT2D eigenvalue weighted by Gasteiger charge is 2.43. The Hall–Kier alpha value is -2.24. The number of carbonyl (C=O) groups excluding carboxylic acids is 1. The second-order valence-corrected chi connectivity index (χ2v) is 4.58. The van der Waals surface area contributed by atoms with E-state index in [1.807, 2.05) is 0 Å². The van der Waals surface area contributed by atoms with E-state index in [1.165, 1.54) is 4.90 Å². The summed E-state index contributed by atoms with van der Waals surface area (Å²) in [4.78, 5) is 23.5. The topological polar surface area (TPSA) is 76.1 Å². The monoisotopic (exact) mass is 265 g/mol. The fourth-order valence-corrected chi connectivity index (χ4v) is 2.10. The van der Waals surface area contributed by atoms with Crippen molar-refractivity contribution in [3.8, 4) is 5.75 Å². The van der Waals surface area contributed by atoms with Gasteiger partial charge in [0.25, 0.3) is 0 Å². The van der Waals surface area contributed by atoms with Crippen molar-refractivity contribution in [2.24, 2.45) is 0 Å². The van der Waals surface area contributed by atoms with Crippen molar-refractivity contribution in [2.45, 2.75) is 12.5 Å². The molecule has 1 aliphatic rings. The number of benzene rings is 1. The first-order valence-electron chi connectivity index (χ1n) is 5.79. The SMILES string of the molecule is COc1ccc(C2(C)CN(CC(=O)O)C(=O)O2)cc1. The smallest absolute Gasteiger partial charge is 0.411 e. The van der Waals surface area contributed by atoms with Gasteiger partial charge in [0, 0.05) is 0 Å². The second-order valence-electron chi connectivity index (χ2n) is 4.58. The molecule has 1 N–H and O–H groups in total. The Kier molecular flexibility index (Phi) is 3.33. The van der Waals surface area contributed by atoms with Crippen molar-refractivity contribution in [1.29, 1.82) is 0 Å². The van der Waals surface area contributed by atoms with Gasteiger partial charge in [-0.15, -0.1) is 0 Å². The lowest BCUT2D eigenvalue weighted by atomic mass is 9.96. The number of methoxy groups -OCH3 is 1. The van der Waals surface area contributed by atoms with E-state index in [2.05, 4.69) is 0 Å². The van der Waals surface area contributed by atoms with Crippen LogP contribution in [-0.2, 0) is 15.1 Å². The number of amides is 1. The highest BCUT2D eigenvalue weighted by atomic mass is 16.6. The summed E-state index contributed by atoms with van der Waals surface area (Å²) in [5.74, 6) is -0.352. The molecular formula is C13H15NO5. The van der Waals surface area contributed by atoms with Crippen molar-refractivity contribution >= 4 is 12.1 Å². The lowest BCUT2D eigenvalue weighted by molar-refractivity contribution is -0.137. The number of nitrogens with zero attached hydrogens (tertiary/aromatic N) is 1. The standard InChI is InChI=1S/C13H15NO5/c1-13(9-3-5-10(18-2)6-4-9)8-14(7-11(15)16)12(17)19-13/h3-6H,7-8H2,1-2H3,(H,15,16). The normalized spacial score (nSPS) is 22.2. The molecule has 19 heavy (non-hydrogen) atoms. The average molecular weight is 265 g/mol. The third-order valence-electron chi connectivity index (χ3n) is 3.09. The third kappa shape index (κ3) is 2.62. The first kappa shape index (κ1) is 13.2. The molecule has 6 heteroatoms. The molecule has 1 unspecified atom stereocenters. The molecule has 0 spiro atoms. The summed E-state index contributed by atoms with van der Waals surface area (Å²) in [5, 5.41) is 8.73. The fourth-order valence-electron chi connectivity index (χ4n) is 2.10. The summed E-state index contributed by atoms with van der Waals surface area (Å²) in [7, 11) is 1.57. The highest BCUT2D eigenvalue weighted by Crippen LogP contribution is 2.33. The van der Waals surface area contributed by atoms with E-state index < -0.39 is 17.7 Å². The van der Waals surface area contributed by atoms with Crippen LogP contribution < -0.4 is 4.74 Å². The third-order valence-corrected chi connectivity index (χ3v) is 3.09. The Bertz CT molecular complexity index is 498. The maximum atomic E-state index is 11.6. The number of carboxylic acid groups (broad SMARTS) is 1. The molecule has 2 rings (SSSR count). The zero-order valence-corrected chi connectivity index (χ0v) is 10.8. The molecular weight excluding hydrogens is 250 g/mol. The van der Waals surface area contributed by atoms with Crippen LogP contribution in [-0.4, -0.2) is 42.3 Å². The minimum absolute atomic E-state index is 0.213. The van der Waals surface area contributed by atoms with Gasteiger partial charge in [0.05, 0.1) is 13.7 Å². The van der Waals surface area contributed by atoms with Crippen molar-refractivity contribution < 1.29 is 24.2 Å². The summed E-state index contributed by atoms with van der Waals surface area (Å²) in [6.07, 6.45) is -0.610. The van der Waals surface area contributed by atoms with Crippen LogP contribution in [0.2, 0.25) is 0 Å². The van der Waals surface area contributed by atoms with Crippen molar-refractivity contribution in [3.63, 3.8) is 0 Å². The predicted octanol–water partition coefficient (Wildman–Crippen LogP) is 1.45. The van der Waals surface area contributed by atoms with E-state index in [-0.39, 0.29) is 13.1 Å². The van der Waals surface area contributed by atoms with Crippen LogP contribution in [0, 0.1) is 0 Å². The van der Waals surface area contributed by atoms with Crippen LogP contribution in [0.1, 0.15) is 12.5 Å². The van der Waals surface area contributed by atoms with Crippen LogP contribution in [0.5, 0.6) is 5.75 Å². The molecule has 0 bridgehead atoms. The number of carboxylic acids is 1. The summed E-state index contributed by atoms with van der Waals surface area (Å²) in [6.45, 7) is 1.61. The average Bonchev–Trinajstić information content (AvgIpc) is 2.65. The van der Waals surface area contributed by atoms with Gasteiger partial charge in [-0.05, 0) is 24.6 Å². The number of hydrogen-bond donors (Lipinski definition) is 1. The van der Waals surface area contributed by atoms with Crippen LogP contribution in [0.4, 0.5) is 4.79 Å². The van der Waals surface area contributed by atoms with E-state index in [0.29, 0.717) is 5.75 Å². The van der Waals surface area contributed by atoms with Gasteiger partial charge in [0.2, 0.25) is 0 Å². The molecule has 1 heterocycles. The Balaban J connectivity index is 2.19. The van der Waals surface area contributed by atoms with E-state index in [4.69, 9.17) is 14.6 Å². The molecule has 1 aliphatic heterocycles. The number of rotatable bonds is 4. The summed E-state index contributed by atoms with van der Waals surface area (Å²) < 4.78 is 10.4. The Labute approximate surface area is 110 Å². The molecule has 1 fully saturated rings. The van der Waals surface area contributed by atoms with E-state index >= 15 is 0 Å². The first-order chi connectivity index (χ1) is 8.94. The van der Waals surface area contributed by atoms with Gasteiger partial charge < -0.3 is 14.6 Å². The van der Waals surface area contributed by atoms with Crippen molar-refractivity contribution in [1.82, 2.24) is 4.90 Å². The van der Waals surface area contributed by atoms with Gasteiger partial charge in [0.15, 0.2) is 5.60 Å². The summed E-state index contributed by atoms with van der Waals surface area (Å²) in [6, 6.07) is 7.15. The Morgan fingerprint density at radius 3 is 2.63 bits per heavy atom. The molecule has 0 saturated carbocycles. The van der Waals surface area contributed by atoms with Crippen LogP contribution in [0.25, 0.3) is 0 Å². The zero-order valence-electron chi connectivity index (χ0n) is 10.8. The van der Waals surface area contributed by atoms with Crippen molar-refractivity contribution in [3.05, 3.63) is 29.8 Å². The lowest BCUT2D eigenvalue weighted by Crippen LogP contribution is -2.33. The van der Waals surface area contributed by atoms with Gasteiger partial charge in [-0.25, -0.2) is 4.79 Å². The molecule has 0 aromatic heterocycles. The van der Waals surface area contributed by atoms with E-state index in [9.17, 15) is 9.59 Å². The van der Waals surface area contributed by atoms with Crippen LogP contribution >= 0.6 is 0 Å².